The number of rotatable bonds is 11. The molecule has 2 heterocycles. The number of hydrogen-bond acceptors (Lipinski definition) is 6. The van der Waals surface area contributed by atoms with E-state index in [0.717, 1.165) is 30.3 Å². The van der Waals surface area contributed by atoms with Crippen LogP contribution in [0.25, 0.3) is 0 Å². The molecule has 0 radical (unpaired) electrons. The van der Waals surface area contributed by atoms with Crippen molar-refractivity contribution in [2.75, 3.05) is 25.7 Å². The minimum absolute atomic E-state index is 0.0293. The van der Waals surface area contributed by atoms with E-state index >= 15 is 0 Å². The molecule has 1 aliphatic rings. The third-order valence-electron chi connectivity index (χ3n) is 4.61. The molecule has 1 fully saturated rings. The number of aromatic nitrogens is 2. The van der Waals surface area contributed by atoms with Gasteiger partial charge in [-0.1, -0.05) is 26.7 Å². The number of halogens is 1. The predicted molar refractivity (Wildman–Crippen MR) is 101 cm³/mol. The molecule has 27 heavy (non-hydrogen) atoms. The number of nitrogens with zero attached hydrogens (tertiary/aromatic N) is 1. The van der Waals surface area contributed by atoms with Crippen molar-refractivity contribution >= 4 is 11.6 Å². The number of H-pyrrole nitrogens is 1. The standard InChI is InChI=1S/C18H29ClN2O6/c1-3-5-9-25-12-18(11-19)15(26-10-6-4-2)14(23)16(27-18)21-8-7-13(22)20-17(21)24/h7-8,14-16,23H,3-6,9-12H2,1-2H3,(H,20,22,24)/t14-,15+,16-,18-/m1/s1. The summed E-state index contributed by atoms with van der Waals surface area (Å²) < 4.78 is 18.8. The molecular weight excluding hydrogens is 376 g/mol. The van der Waals surface area contributed by atoms with Gasteiger partial charge >= 0.3 is 5.69 Å². The Bertz CT molecular complexity index is 693. The zero-order chi connectivity index (χ0) is 19.9. The van der Waals surface area contributed by atoms with Crippen molar-refractivity contribution < 1.29 is 19.3 Å². The van der Waals surface area contributed by atoms with E-state index in [4.69, 9.17) is 25.8 Å². The monoisotopic (exact) mass is 404 g/mol. The molecule has 0 bridgehead atoms. The second kappa shape index (κ2) is 10.4. The van der Waals surface area contributed by atoms with Crippen LogP contribution in [0.3, 0.4) is 0 Å². The first-order valence-electron chi connectivity index (χ1n) is 9.41. The number of unbranched alkanes of at least 4 members (excludes halogenated alkanes) is 2. The fourth-order valence-electron chi connectivity index (χ4n) is 3.05. The lowest BCUT2D eigenvalue weighted by molar-refractivity contribution is -0.140. The molecule has 0 aliphatic carbocycles. The largest absolute Gasteiger partial charge is 0.386 e. The Morgan fingerprint density at radius 1 is 1.30 bits per heavy atom. The molecule has 0 saturated carbocycles. The van der Waals surface area contributed by atoms with Crippen LogP contribution in [-0.4, -0.2) is 58.2 Å². The van der Waals surface area contributed by atoms with E-state index in [1.54, 1.807) is 0 Å². The summed E-state index contributed by atoms with van der Waals surface area (Å²) in [4.78, 5) is 25.6. The van der Waals surface area contributed by atoms with Crippen LogP contribution in [0.15, 0.2) is 21.9 Å². The van der Waals surface area contributed by atoms with E-state index in [2.05, 4.69) is 11.9 Å². The zero-order valence-electron chi connectivity index (χ0n) is 15.9. The second-order valence-electron chi connectivity index (χ2n) is 6.77. The topological polar surface area (TPSA) is 103 Å². The highest BCUT2D eigenvalue weighted by Gasteiger charge is 2.56. The van der Waals surface area contributed by atoms with Gasteiger partial charge in [0.2, 0.25) is 0 Å². The van der Waals surface area contributed by atoms with Crippen molar-refractivity contribution in [3.05, 3.63) is 33.1 Å². The molecule has 2 N–H and O–H groups in total. The van der Waals surface area contributed by atoms with E-state index in [0.29, 0.717) is 13.2 Å². The molecular formula is C18H29ClN2O6. The lowest BCUT2D eigenvalue weighted by Gasteiger charge is -2.32. The Labute approximate surface area is 163 Å². The minimum Gasteiger partial charge on any atom is -0.386 e. The van der Waals surface area contributed by atoms with Crippen molar-refractivity contribution in [3.63, 3.8) is 0 Å². The van der Waals surface area contributed by atoms with Gasteiger partial charge in [0.15, 0.2) is 6.23 Å². The lowest BCUT2D eigenvalue weighted by Crippen LogP contribution is -2.50. The van der Waals surface area contributed by atoms with Gasteiger partial charge in [0.25, 0.3) is 5.56 Å². The predicted octanol–water partition coefficient (Wildman–Crippen LogP) is 1.41. The van der Waals surface area contributed by atoms with Gasteiger partial charge in [-0.25, -0.2) is 4.79 Å². The molecule has 8 nitrogen and oxygen atoms in total. The summed E-state index contributed by atoms with van der Waals surface area (Å²) in [6.07, 6.45) is 2.00. The molecule has 154 valence electrons. The second-order valence-corrected chi connectivity index (χ2v) is 7.03. The van der Waals surface area contributed by atoms with Gasteiger partial charge < -0.3 is 19.3 Å². The van der Waals surface area contributed by atoms with E-state index in [1.165, 1.54) is 12.3 Å². The van der Waals surface area contributed by atoms with E-state index < -0.39 is 35.3 Å². The number of ether oxygens (including phenoxy) is 3. The van der Waals surface area contributed by atoms with Crippen LogP contribution in [0.1, 0.15) is 45.8 Å². The average Bonchev–Trinajstić information content (AvgIpc) is 2.92. The minimum atomic E-state index is -1.14. The maximum Gasteiger partial charge on any atom is 0.330 e. The van der Waals surface area contributed by atoms with Gasteiger partial charge in [-0.05, 0) is 12.8 Å². The average molecular weight is 405 g/mol. The Balaban J connectivity index is 2.27. The Morgan fingerprint density at radius 3 is 2.63 bits per heavy atom. The van der Waals surface area contributed by atoms with Gasteiger partial charge in [0.05, 0.1) is 12.5 Å². The highest BCUT2D eigenvalue weighted by Crippen LogP contribution is 2.39. The molecule has 1 aromatic heterocycles. The summed E-state index contributed by atoms with van der Waals surface area (Å²) in [5.41, 5.74) is -2.29. The number of alkyl halides is 1. The van der Waals surface area contributed by atoms with Crippen molar-refractivity contribution in [1.29, 1.82) is 0 Å². The van der Waals surface area contributed by atoms with Crippen molar-refractivity contribution in [2.45, 2.75) is 63.6 Å². The molecule has 0 spiro atoms. The highest BCUT2D eigenvalue weighted by molar-refractivity contribution is 6.18. The highest BCUT2D eigenvalue weighted by atomic mass is 35.5. The SMILES string of the molecule is CCCCOC[C@@]1(CCl)O[C@@H](n2ccc(=O)[nH]c2=O)[C@H](O)[C@@H]1OCCCC. The molecule has 2 rings (SSSR count). The van der Waals surface area contributed by atoms with Crippen LogP contribution in [0.5, 0.6) is 0 Å². The summed E-state index contributed by atoms with van der Waals surface area (Å²) in [6, 6.07) is 1.20. The third-order valence-corrected chi connectivity index (χ3v) is 5.06. The molecule has 0 amide bonds. The fraction of sp³-hybridized carbons (Fsp3) is 0.778. The number of aromatic amines is 1. The summed E-state index contributed by atoms with van der Waals surface area (Å²) in [5, 5.41) is 10.8. The van der Waals surface area contributed by atoms with E-state index in [9.17, 15) is 14.7 Å². The Hall–Kier alpha value is -1.19. The van der Waals surface area contributed by atoms with Gasteiger partial charge in [0, 0.05) is 25.5 Å². The smallest absolute Gasteiger partial charge is 0.330 e. The fourth-order valence-corrected chi connectivity index (χ4v) is 3.34. The lowest BCUT2D eigenvalue weighted by atomic mass is 9.97. The van der Waals surface area contributed by atoms with Gasteiger partial charge in [0.1, 0.15) is 17.8 Å². The molecule has 1 aliphatic heterocycles. The first-order valence-corrected chi connectivity index (χ1v) is 9.95. The van der Waals surface area contributed by atoms with Gasteiger partial charge in [-0.2, -0.15) is 0 Å². The number of aliphatic hydroxyl groups excluding tert-OH is 1. The first kappa shape index (κ1) is 22.1. The van der Waals surface area contributed by atoms with E-state index in [-0.39, 0.29) is 12.5 Å². The number of aliphatic hydroxyl groups is 1. The molecule has 0 aromatic carbocycles. The normalized spacial score (nSPS) is 27.9. The third kappa shape index (κ3) is 5.20. The Morgan fingerprint density at radius 2 is 2.00 bits per heavy atom. The summed E-state index contributed by atoms with van der Waals surface area (Å²) >= 11 is 6.23. The number of hydrogen-bond donors (Lipinski definition) is 2. The van der Waals surface area contributed by atoms with Crippen LogP contribution in [0.4, 0.5) is 0 Å². The van der Waals surface area contributed by atoms with Crippen molar-refractivity contribution in [2.24, 2.45) is 0 Å². The van der Waals surface area contributed by atoms with Crippen molar-refractivity contribution in [3.8, 4) is 0 Å². The quantitative estimate of drug-likeness (QED) is 0.427. The summed E-state index contributed by atoms with van der Waals surface area (Å²) in [7, 11) is 0. The molecule has 4 atom stereocenters. The summed E-state index contributed by atoms with van der Waals surface area (Å²) in [6.45, 7) is 5.21. The molecule has 1 saturated heterocycles. The molecule has 0 unspecified atom stereocenters. The molecule has 1 aromatic rings. The van der Waals surface area contributed by atoms with Gasteiger partial charge in [-0.3, -0.25) is 14.3 Å². The first-order chi connectivity index (χ1) is 13.0. The van der Waals surface area contributed by atoms with Crippen LogP contribution in [-0.2, 0) is 14.2 Å². The Kier molecular flexibility index (Phi) is 8.50. The zero-order valence-corrected chi connectivity index (χ0v) is 16.6. The van der Waals surface area contributed by atoms with Gasteiger partial charge in [-0.15, -0.1) is 11.6 Å². The van der Waals surface area contributed by atoms with Crippen LogP contribution in [0, 0.1) is 0 Å². The molecule has 9 heteroatoms. The summed E-state index contributed by atoms with van der Waals surface area (Å²) in [5.74, 6) is 0.0293. The van der Waals surface area contributed by atoms with Crippen LogP contribution < -0.4 is 11.2 Å². The van der Waals surface area contributed by atoms with Crippen molar-refractivity contribution in [1.82, 2.24) is 9.55 Å². The van der Waals surface area contributed by atoms with E-state index in [1.807, 2.05) is 6.92 Å². The number of nitrogens with one attached hydrogen (secondary N) is 1. The maximum atomic E-state index is 12.1. The van der Waals surface area contributed by atoms with Crippen LogP contribution in [0.2, 0.25) is 0 Å². The maximum absolute atomic E-state index is 12.1. The van der Waals surface area contributed by atoms with Crippen LogP contribution >= 0.6 is 11.6 Å².